The van der Waals surface area contributed by atoms with Crippen LogP contribution in [0.4, 0.5) is 5.13 Å². The fourth-order valence-electron chi connectivity index (χ4n) is 3.35. The molecule has 1 fully saturated rings. The fraction of sp³-hybridized carbons (Fsp3) is 0.842. The molecule has 0 spiro atoms. The zero-order chi connectivity index (χ0) is 18.9. The first-order valence-corrected chi connectivity index (χ1v) is 11.8. The van der Waals surface area contributed by atoms with Gasteiger partial charge in [-0.15, -0.1) is 10.2 Å². The van der Waals surface area contributed by atoms with Crippen LogP contribution in [-0.4, -0.2) is 34.4 Å². The van der Waals surface area contributed by atoms with Gasteiger partial charge in [-0.05, 0) is 37.0 Å². The van der Waals surface area contributed by atoms with E-state index in [1.165, 1.54) is 48.8 Å². The quantitative estimate of drug-likeness (QED) is 0.437. The third kappa shape index (κ3) is 7.06. The number of aromatic nitrogens is 2. The van der Waals surface area contributed by atoms with Crippen molar-refractivity contribution in [2.24, 2.45) is 17.8 Å². The molecule has 148 valence electrons. The van der Waals surface area contributed by atoms with Gasteiger partial charge in [0, 0.05) is 12.6 Å². The second kappa shape index (κ2) is 11.1. The second-order valence-electron chi connectivity index (χ2n) is 7.69. The first-order valence-electron chi connectivity index (χ1n) is 9.99. The monoisotopic (exact) mass is 398 g/mol. The van der Waals surface area contributed by atoms with Crippen molar-refractivity contribution < 1.29 is 4.79 Å². The number of hydrogen-bond donors (Lipinski definition) is 2. The lowest BCUT2D eigenvalue weighted by molar-refractivity contribution is -0.119. The van der Waals surface area contributed by atoms with E-state index in [4.69, 9.17) is 0 Å². The zero-order valence-electron chi connectivity index (χ0n) is 16.6. The summed E-state index contributed by atoms with van der Waals surface area (Å²) in [4.78, 5) is 12.3. The van der Waals surface area contributed by atoms with E-state index in [-0.39, 0.29) is 5.91 Å². The summed E-state index contributed by atoms with van der Waals surface area (Å²) in [7, 11) is 0. The second-order valence-corrected chi connectivity index (χ2v) is 9.89. The molecule has 0 aromatic carbocycles. The van der Waals surface area contributed by atoms with Gasteiger partial charge in [0.1, 0.15) is 0 Å². The molecule has 26 heavy (non-hydrogen) atoms. The maximum Gasteiger partial charge on any atom is 0.230 e. The lowest BCUT2D eigenvalue weighted by atomic mass is 9.78. The lowest BCUT2D eigenvalue weighted by Gasteiger charge is -2.34. The molecule has 1 saturated carbocycles. The van der Waals surface area contributed by atoms with Crippen molar-refractivity contribution in [3.05, 3.63) is 0 Å². The van der Waals surface area contributed by atoms with Crippen LogP contribution in [0.15, 0.2) is 4.34 Å². The van der Waals surface area contributed by atoms with Crippen molar-refractivity contribution in [1.29, 1.82) is 0 Å². The molecule has 0 unspecified atom stereocenters. The molecule has 4 atom stereocenters. The SMILES string of the molecule is CC[C@H](C)CCCNc1nnc(SCC(=O)N[C@@H]2CCC[C@@H](C)[C@H]2C)s1. The molecule has 2 N–H and O–H groups in total. The van der Waals surface area contributed by atoms with E-state index in [0.29, 0.717) is 23.6 Å². The van der Waals surface area contributed by atoms with E-state index >= 15 is 0 Å². The highest BCUT2D eigenvalue weighted by Crippen LogP contribution is 2.30. The number of carbonyl (C=O) groups is 1. The van der Waals surface area contributed by atoms with Gasteiger partial charge in [-0.2, -0.15) is 0 Å². The third-order valence-electron chi connectivity index (χ3n) is 5.63. The van der Waals surface area contributed by atoms with E-state index in [9.17, 15) is 4.79 Å². The average molecular weight is 399 g/mol. The molecule has 1 amide bonds. The standard InChI is InChI=1S/C19H34N4OS2/c1-5-13(2)8-7-11-20-18-22-23-19(26-18)25-12-17(24)21-16-10-6-9-14(3)15(16)4/h13-16H,5-12H2,1-4H3,(H,20,22)(H,21,24)/t13-,14+,15+,16+/m0/s1. The molecule has 0 aliphatic heterocycles. The maximum atomic E-state index is 12.3. The highest BCUT2D eigenvalue weighted by atomic mass is 32.2. The first-order chi connectivity index (χ1) is 12.5. The minimum Gasteiger partial charge on any atom is -0.360 e. The number of nitrogens with one attached hydrogen (secondary N) is 2. The Balaban J connectivity index is 1.66. The fourth-order valence-corrected chi connectivity index (χ4v) is 4.94. The molecule has 1 aromatic heterocycles. The molecule has 0 saturated heterocycles. The molecule has 1 aliphatic carbocycles. The smallest absolute Gasteiger partial charge is 0.230 e. The van der Waals surface area contributed by atoms with Crippen molar-refractivity contribution in [2.45, 2.75) is 76.6 Å². The molecule has 0 bridgehead atoms. The van der Waals surface area contributed by atoms with E-state index in [0.717, 1.165) is 34.8 Å². The lowest BCUT2D eigenvalue weighted by Crippen LogP contribution is -2.44. The molecular weight excluding hydrogens is 364 g/mol. The number of amides is 1. The third-order valence-corrected chi connectivity index (χ3v) is 7.65. The van der Waals surface area contributed by atoms with E-state index < -0.39 is 0 Å². The van der Waals surface area contributed by atoms with Gasteiger partial charge in [0.05, 0.1) is 5.75 Å². The van der Waals surface area contributed by atoms with Crippen molar-refractivity contribution in [1.82, 2.24) is 15.5 Å². The van der Waals surface area contributed by atoms with Crippen LogP contribution in [0.3, 0.4) is 0 Å². The molecule has 0 radical (unpaired) electrons. The van der Waals surface area contributed by atoms with Crippen molar-refractivity contribution in [3.63, 3.8) is 0 Å². The molecule has 1 heterocycles. The van der Waals surface area contributed by atoms with Crippen LogP contribution in [0.1, 0.15) is 66.2 Å². The number of rotatable bonds is 10. The number of thioether (sulfide) groups is 1. The Morgan fingerprint density at radius 3 is 2.92 bits per heavy atom. The van der Waals surface area contributed by atoms with Gasteiger partial charge in [-0.1, -0.05) is 70.1 Å². The molecule has 7 heteroatoms. The summed E-state index contributed by atoms with van der Waals surface area (Å²) in [5.41, 5.74) is 0. The molecule has 5 nitrogen and oxygen atoms in total. The maximum absolute atomic E-state index is 12.3. The predicted octanol–water partition coefficient (Wildman–Crippen LogP) is 4.81. The van der Waals surface area contributed by atoms with Crippen LogP contribution in [0.25, 0.3) is 0 Å². The van der Waals surface area contributed by atoms with Crippen LogP contribution in [0.2, 0.25) is 0 Å². The Hall–Kier alpha value is -0.820. The highest BCUT2D eigenvalue weighted by molar-refractivity contribution is 8.01. The van der Waals surface area contributed by atoms with Gasteiger partial charge < -0.3 is 10.6 Å². The molecular formula is C19H34N4OS2. The Bertz CT molecular complexity index is 551. The Labute approximate surface area is 166 Å². The summed E-state index contributed by atoms with van der Waals surface area (Å²) in [6, 6.07) is 0.323. The number of carbonyl (C=O) groups excluding carboxylic acids is 1. The normalized spacial score (nSPS) is 24.2. The minimum absolute atomic E-state index is 0.110. The summed E-state index contributed by atoms with van der Waals surface area (Å²) in [6.45, 7) is 10.0. The van der Waals surface area contributed by atoms with E-state index in [2.05, 4.69) is 48.5 Å². The van der Waals surface area contributed by atoms with Crippen LogP contribution >= 0.6 is 23.1 Å². The summed E-state index contributed by atoms with van der Waals surface area (Å²) >= 11 is 3.02. The van der Waals surface area contributed by atoms with E-state index in [1.807, 2.05) is 0 Å². The first kappa shape index (κ1) is 21.5. The van der Waals surface area contributed by atoms with Crippen molar-refractivity contribution in [3.8, 4) is 0 Å². The van der Waals surface area contributed by atoms with Gasteiger partial charge in [0.25, 0.3) is 0 Å². The van der Waals surface area contributed by atoms with Crippen LogP contribution < -0.4 is 10.6 Å². The van der Waals surface area contributed by atoms with Gasteiger partial charge in [-0.3, -0.25) is 4.79 Å². The summed E-state index contributed by atoms with van der Waals surface area (Å²) < 4.78 is 0.856. The zero-order valence-corrected chi connectivity index (χ0v) is 18.2. The predicted molar refractivity (Wildman–Crippen MR) is 112 cm³/mol. The summed E-state index contributed by atoms with van der Waals surface area (Å²) in [5.74, 6) is 2.56. The van der Waals surface area contributed by atoms with Gasteiger partial charge >= 0.3 is 0 Å². The topological polar surface area (TPSA) is 66.9 Å². The number of nitrogens with zero attached hydrogens (tertiary/aromatic N) is 2. The molecule has 1 aliphatic rings. The van der Waals surface area contributed by atoms with Crippen molar-refractivity contribution >= 4 is 34.1 Å². The largest absolute Gasteiger partial charge is 0.360 e. The van der Waals surface area contributed by atoms with Gasteiger partial charge in [0.15, 0.2) is 4.34 Å². The van der Waals surface area contributed by atoms with Crippen LogP contribution in [-0.2, 0) is 4.79 Å². The van der Waals surface area contributed by atoms with Crippen LogP contribution in [0, 0.1) is 17.8 Å². The van der Waals surface area contributed by atoms with Gasteiger partial charge in [0.2, 0.25) is 11.0 Å². The summed E-state index contributed by atoms with van der Waals surface area (Å²) in [5, 5.41) is 15.8. The molecule has 1 aromatic rings. The Kier molecular flexibility index (Phi) is 9.19. The van der Waals surface area contributed by atoms with Gasteiger partial charge in [-0.25, -0.2) is 0 Å². The van der Waals surface area contributed by atoms with Crippen LogP contribution in [0.5, 0.6) is 0 Å². The average Bonchev–Trinajstić information content (AvgIpc) is 3.08. The Morgan fingerprint density at radius 1 is 1.35 bits per heavy atom. The molecule has 2 rings (SSSR count). The highest BCUT2D eigenvalue weighted by Gasteiger charge is 2.28. The number of anilines is 1. The van der Waals surface area contributed by atoms with E-state index in [1.54, 1.807) is 0 Å². The Morgan fingerprint density at radius 2 is 2.15 bits per heavy atom. The number of hydrogen-bond acceptors (Lipinski definition) is 6. The van der Waals surface area contributed by atoms with Crippen molar-refractivity contribution in [2.75, 3.05) is 17.6 Å². The minimum atomic E-state index is 0.110. The summed E-state index contributed by atoms with van der Waals surface area (Å²) in [6.07, 6.45) is 7.22.